The number of aromatic nitrogens is 2. The molecule has 5 rings (SSSR count). The minimum atomic E-state index is -1.23. The number of aryl methyl sites for hydroxylation is 1. The van der Waals surface area contributed by atoms with Crippen LogP contribution >= 0.6 is 11.6 Å². The molecule has 34 heavy (non-hydrogen) atoms. The fraction of sp³-hybridized carbons (Fsp3) is 0.192. The maximum atomic E-state index is 13.7. The van der Waals surface area contributed by atoms with Crippen molar-refractivity contribution in [1.82, 2.24) is 15.1 Å². The molecule has 4 aromatic rings. The highest BCUT2D eigenvalue weighted by Crippen LogP contribution is 2.34. The normalized spacial score (nSPS) is 17.5. The SMILES string of the molecule is Cc1cccc(CNC(=O)C2(C)Cn3nc(-c4ccco4)cc3C(=O)N2c2ccc(Cl)cc2)c1. The fourth-order valence-electron chi connectivity index (χ4n) is 4.32. The van der Waals surface area contributed by atoms with Crippen LogP contribution in [0, 0.1) is 6.92 Å². The van der Waals surface area contributed by atoms with Crippen LogP contribution < -0.4 is 10.2 Å². The van der Waals surface area contributed by atoms with Crippen LogP contribution in [0.3, 0.4) is 0 Å². The molecule has 1 N–H and O–H groups in total. The number of halogens is 1. The number of hydrogen-bond acceptors (Lipinski definition) is 4. The second-order valence-corrected chi connectivity index (χ2v) is 9.05. The van der Waals surface area contributed by atoms with Crippen molar-refractivity contribution in [3.05, 3.63) is 94.8 Å². The lowest BCUT2D eigenvalue weighted by Crippen LogP contribution is -2.64. The van der Waals surface area contributed by atoms with Crippen LogP contribution in [0.1, 0.15) is 28.5 Å². The number of rotatable bonds is 5. The molecular formula is C26H23ClN4O3. The van der Waals surface area contributed by atoms with Gasteiger partial charge >= 0.3 is 0 Å². The highest BCUT2D eigenvalue weighted by molar-refractivity contribution is 6.30. The van der Waals surface area contributed by atoms with Crippen molar-refractivity contribution >= 4 is 29.1 Å². The van der Waals surface area contributed by atoms with Crippen LogP contribution in [0.2, 0.25) is 5.02 Å². The van der Waals surface area contributed by atoms with Gasteiger partial charge in [-0.3, -0.25) is 19.2 Å². The zero-order valence-electron chi connectivity index (χ0n) is 18.8. The van der Waals surface area contributed by atoms with Gasteiger partial charge in [-0.1, -0.05) is 41.4 Å². The molecule has 0 saturated heterocycles. The Morgan fingerprint density at radius 3 is 2.65 bits per heavy atom. The predicted octanol–water partition coefficient (Wildman–Crippen LogP) is 4.84. The van der Waals surface area contributed by atoms with E-state index in [1.807, 2.05) is 31.2 Å². The van der Waals surface area contributed by atoms with Crippen LogP contribution in [0.5, 0.6) is 0 Å². The largest absolute Gasteiger partial charge is 0.463 e. The third kappa shape index (κ3) is 3.88. The smallest absolute Gasteiger partial charge is 0.277 e. The first-order valence-electron chi connectivity index (χ1n) is 10.9. The highest BCUT2D eigenvalue weighted by Gasteiger charge is 2.49. The van der Waals surface area contributed by atoms with Gasteiger partial charge in [-0.2, -0.15) is 5.10 Å². The fourth-order valence-corrected chi connectivity index (χ4v) is 4.44. The van der Waals surface area contributed by atoms with Crippen molar-refractivity contribution in [1.29, 1.82) is 0 Å². The zero-order valence-corrected chi connectivity index (χ0v) is 19.5. The van der Waals surface area contributed by atoms with E-state index < -0.39 is 5.54 Å². The van der Waals surface area contributed by atoms with E-state index in [-0.39, 0.29) is 18.4 Å². The van der Waals surface area contributed by atoms with Crippen molar-refractivity contribution in [2.75, 3.05) is 4.90 Å². The predicted molar refractivity (Wildman–Crippen MR) is 130 cm³/mol. The van der Waals surface area contributed by atoms with Crippen LogP contribution in [-0.4, -0.2) is 27.1 Å². The van der Waals surface area contributed by atoms with Gasteiger partial charge < -0.3 is 9.73 Å². The van der Waals surface area contributed by atoms with Crippen LogP contribution in [0.4, 0.5) is 5.69 Å². The maximum Gasteiger partial charge on any atom is 0.277 e. The molecular weight excluding hydrogens is 452 g/mol. The van der Waals surface area contributed by atoms with Gasteiger partial charge in [0.2, 0.25) is 5.91 Å². The molecule has 0 spiro atoms. The van der Waals surface area contributed by atoms with E-state index in [0.29, 0.717) is 34.4 Å². The summed E-state index contributed by atoms with van der Waals surface area (Å²) in [5.74, 6) is -0.0524. The van der Waals surface area contributed by atoms with E-state index in [4.69, 9.17) is 16.0 Å². The van der Waals surface area contributed by atoms with Crippen molar-refractivity contribution in [3.8, 4) is 11.5 Å². The van der Waals surface area contributed by atoms with Crippen molar-refractivity contribution < 1.29 is 14.0 Å². The topological polar surface area (TPSA) is 80.4 Å². The quantitative estimate of drug-likeness (QED) is 0.449. The van der Waals surface area contributed by atoms with E-state index in [9.17, 15) is 9.59 Å². The first-order valence-corrected chi connectivity index (χ1v) is 11.3. The standard InChI is InChI=1S/C26H23ClN4O3/c1-17-5-3-6-18(13-17)15-28-25(33)26(2)16-30-22(14-21(29-30)23-7-4-12-34-23)24(32)31(26)20-10-8-19(27)9-11-20/h3-14H,15-16H2,1-2H3,(H,28,33). The van der Waals surface area contributed by atoms with Crippen LogP contribution in [-0.2, 0) is 17.9 Å². The average Bonchev–Trinajstić information content (AvgIpc) is 3.49. The van der Waals surface area contributed by atoms with Crippen molar-refractivity contribution in [2.24, 2.45) is 0 Å². The molecule has 0 radical (unpaired) electrons. The lowest BCUT2D eigenvalue weighted by atomic mass is 9.93. The molecule has 0 aliphatic carbocycles. The Morgan fingerprint density at radius 1 is 1.15 bits per heavy atom. The molecule has 3 heterocycles. The Hall–Kier alpha value is -3.84. The lowest BCUT2D eigenvalue weighted by Gasteiger charge is -2.43. The van der Waals surface area contributed by atoms with Crippen LogP contribution in [0.15, 0.2) is 77.4 Å². The van der Waals surface area contributed by atoms with Gasteiger partial charge in [-0.15, -0.1) is 0 Å². The van der Waals surface area contributed by atoms with Gasteiger partial charge in [0.15, 0.2) is 5.76 Å². The Kier molecular flexibility index (Phi) is 5.49. The summed E-state index contributed by atoms with van der Waals surface area (Å²) in [4.78, 5) is 28.9. The van der Waals surface area contributed by atoms with E-state index in [1.54, 1.807) is 60.3 Å². The molecule has 1 unspecified atom stereocenters. The van der Waals surface area contributed by atoms with Gasteiger partial charge in [0.05, 0.1) is 12.8 Å². The molecule has 2 aromatic carbocycles. The van der Waals surface area contributed by atoms with Gasteiger partial charge in [-0.25, -0.2) is 0 Å². The number of nitrogens with one attached hydrogen (secondary N) is 1. The molecule has 8 heteroatoms. The summed E-state index contributed by atoms with van der Waals surface area (Å²) in [5.41, 5.74) is 2.36. The number of carbonyl (C=O) groups is 2. The van der Waals surface area contributed by atoms with E-state index in [2.05, 4.69) is 10.4 Å². The summed E-state index contributed by atoms with van der Waals surface area (Å²) < 4.78 is 7.04. The molecule has 1 aliphatic rings. The third-order valence-electron chi connectivity index (χ3n) is 6.04. The molecule has 1 aliphatic heterocycles. The average molecular weight is 475 g/mol. The minimum Gasteiger partial charge on any atom is -0.463 e. The Morgan fingerprint density at radius 2 is 1.94 bits per heavy atom. The first-order chi connectivity index (χ1) is 16.3. The number of furan rings is 1. The van der Waals surface area contributed by atoms with Crippen LogP contribution in [0.25, 0.3) is 11.5 Å². The molecule has 0 fully saturated rings. The molecule has 0 bridgehead atoms. The number of nitrogens with zero attached hydrogens (tertiary/aromatic N) is 3. The number of anilines is 1. The van der Waals surface area contributed by atoms with E-state index in [1.165, 1.54) is 4.90 Å². The summed E-state index contributed by atoms with van der Waals surface area (Å²) in [5, 5.41) is 8.13. The second-order valence-electron chi connectivity index (χ2n) is 8.61. The molecule has 172 valence electrons. The number of fused-ring (bicyclic) bond motifs is 1. The van der Waals surface area contributed by atoms with Gasteiger partial charge in [-0.05, 0) is 55.8 Å². The molecule has 2 aromatic heterocycles. The maximum absolute atomic E-state index is 13.7. The molecule has 7 nitrogen and oxygen atoms in total. The Balaban J connectivity index is 1.53. The molecule has 0 saturated carbocycles. The van der Waals surface area contributed by atoms with Gasteiger partial charge in [0.25, 0.3) is 5.91 Å². The summed E-state index contributed by atoms with van der Waals surface area (Å²) in [6, 6.07) is 20.1. The summed E-state index contributed by atoms with van der Waals surface area (Å²) in [6.45, 7) is 4.28. The summed E-state index contributed by atoms with van der Waals surface area (Å²) >= 11 is 6.09. The number of benzene rings is 2. The summed E-state index contributed by atoms with van der Waals surface area (Å²) in [7, 11) is 0. The number of carbonyl (C=O) groups excluding carboxylic acids is 2. The minimum absolute atomic E-state index is 0.178. The summed E-state index contributed by atoms with van der Waals surface area (Å²) in [6.07, 6.45) is 1.55. The van der Waals surface area contributed by atoms with Gasteiger partial charge in [0.1, 0.15) is 16.9 Å². The monoisotopic (exact) mass is 474 g/mol. The lowest BCUT2D eigenvalue weighted by molar-refractivity contribution is -0.126. The second kappa shape index (κ2) is 8.50. The highest BCUT2D eigenvalue weighted by atomic mass is 35.5. The number of amides is 2. The number of hydrogen-bond donors (Lipinski definition) is 1. The van der Waals surface area contributed by atoms with Crippen molar-refractivity contribution in [2.45, 2.75) is 32.5 Å². The van der Waals surface area contributed by atoms with E-state index >= 15 is 0 Å². The van der Waals surface area contributed by atoms with Crippen molar-refractivity contribution in [3.63, 3.8) is 0 Å². The molecule has 2 amide bonds. The Labute approximate surface area is 201 Å². The Bertz CT molecular complexity index is 1360. The van der Waals surface area contributed by atoms with E-state index in [0.717, 1.165) is 11.1 Å². The molecule has 1 atom stereocenters. The zero-order chi connectivity index (χ0) is 23.9. The first kappa shape index (κ1) is 22.0. The third-order valence-corrected chi connectivity index (χ3v) is 6.29. The van der Waals surface area contributed by atoms with Gasteiger partial charge in [0, 0.05) is 23.3 Å².